The van der Waals surface area contributed by atoms with Gasteiger partial charge in [-0.05, 0) is 62.7 Å². The van der Waals surface area contributed by atoms with Gasteiger partial charge in [-0.1, -0.05) is 18.2 Å². The molecule has 2 aromatic rings. The quantitative estimate of drug-likeness (QED) is 0.695. The molecule has 29 heavy (non-hydrogen) atoms. The van der Waals surface area contributed by atoms with E-state index in [1.165, 1.54) is 42.5 Å². The molecule has 0 unspecified atom stereocenters. The Morgan fingerprint density at radius 1 is 1.00 bits per heavy atom. The maximum Gasteiger partial charge on any atom is 0.416 e. The normalized spacial score (nSPS) is 12.9. The van der Waals surface area contributed by atoms with Crippen molar-refractivity contribution >= 4 is 27.7 Å². The van der Waals surface area contributed by atoms with Gasteiger partial charge >= 0.3 is 6.18 Å². The first kappa shape index (κ1) is 22.6. The molecule has 2 aromatic carbocycles. The van der Waals surface area contributed by atoms with Gasteiger partial charge < -0.3 is 5.32 Å². The molecule has 2 N–H and O–H groups in total. The predicted octanol–water partition coefficient (Wildman–Crippen LogP) is 4.43. The predicted molar refractivity (Wildman–Crippen MR) is 106 cm³/mol. The molecule has 0 saturated carbocycles. The highest BCUT2D eigenvalue weighted by molar-refractivity contribution is 7.89. The maximum absolute atomic E-state index is 12.6. The van der Waals surface area contributed by atoms with Crippen molar-refractivity contribution in [2.75, 3.05) is 5.32 Å². The topological polar surface area (TPSA) is 75.3 Å². The lowest BCUT2D eigenvalue weighted by Gasteiger charge is -2.20. The fourth-order valence-electron chi connectivity index (χ4n) is 2.34. The molecule has 5 nitrogen and oxygen atoms in total. The van der Waals surface area contributed by atoms with Gasteiger partial charge in [-0.25, -0.2) is 13.1 Å². The summed E-state index contributed by atoms with van der Waals surface area (Å²) in [6.45, 7) is 5.13. The van der Waals surface area contributed by atoms with E-state index < -0.39 is 33.2 Å². The highest BCUT2D eigenvalue weighted by atomic mass is 32.2. The minimum Gasteiger partial charge on any atom is -0.322 e. The number of nitrogens with one attached hydrogen (secondary N) is 2. The molecule has 9 heteroatoms. The molecule has 156 valence electrons. The maximum atomic E-state index is 12.6. The van der Waals surface area contributed by atoms with Crippen molar-refractivity contribution in [2.45, 2.75) is 37.4 Å². The second-order valence-electron chi connectivity index (χ2n) is 7.33. The molecule has 0 aromatic heterocycles. The Morgan fingerprint density at radius 3 is 2.17 bits per heavy atom. The van der Waals surface area contributed by atoms with Crippen molar-refractivity contribution < 1.29 is 26.4 Å². The summed E-state index contributed by atoms with van der Waals surface area (Å²) in [7, 11) is -3.76. The molecule has 0 radical (unpaired) electrons. The molecule has 0 aliphatic carbocycles. The van der Waals surface area contributed by atoms with Gasteiger partial charge in [0.2, 0.25) is 15.9 Å². The third-order valence-corrected chi connectivity index (χ3v) is 5.27. The molecule has 0 aliphatic rings. The third kappa shape index (κ3) is 7.03. The Bertz CT molecular complexity index is 1010. The Balaban J connectivity index is 2.09. The van der Waals surface area contributed by atoms with Crippen LogP contribution in [0.4, 0.5) is 18.9 Å². The summed E-state index contributed by atoms with van der Waals surface area (Å²) in [6, 6.07) is 10.1. The number of hydrogen-bond donors (Lipinski definition) is 2. The monoisotopic (exact) mass is 426 g/mol. The molecular formula is C20H21F3N2O3S. The molecule has 0 fully saturated rings. The van der Waals surface area contributed by atoms with Crippen LogP contribution in [0, 0.1) is 0 Å². The lowest BCUT2D eigenvalue weighted by molar-refractivity contribution is -0.137. The Morgan fingerprint density at radius 2 is 1.62 bits per heavy atom. The summed E-state index contributed by atoms with van der Waals surface area (Å²) in [4.78, 5) is 12.1. The second kappa shape index (κ2) is 8.38. The van der Waals surface area contributed by atoms with Crippen LogP contribution < -0.4 is 10.0 Å². The Labute approximate surface area is 167 Å². The first-order valence-corrected chi connectivity index (χ1v) is 10.0. The van der Waals surface area contributed by atoms with Crippen LogP contribution >= 0.6 is 0 Å². The molecule has 1 amide bonds. The average molecular weight is 426 g/mol. The van der Waals surface area contributed by atoms with Gasteiger partial charge in [0.15, 0.2) is 0 Å². The first-order chi connectivity index (χ1) is 13.3. The lowest BCUT2D eigenvalue weighted by atomic mass is 10.1. The number of halogens is 3. The van der Waals surface area contributed by atoms with Gasteiger partial charge in [0.25, 0.3) is 0 Å². The summed E-state index contributed by atoms with van der Waals surface area (Å²) in [6.07, 6.45) is -1.92. The van der Waals surface area contributed by atoms with Crippen molar-refractivity contribution in [3.63, 3.8) is 0 Å². The molecular weight excluding hydrogens is 405 g/mol. The van der Waals surface area contributed by atoms with Crippen molar-refractivity contribution in [1.29, 1.82) is 0 Å². The number of rotatable bonds is 5. The standard InChI is InChI=1S/C20H21F3N2O3S/c1-19(2,3)25-29(27,28)17-6-4-5-16(13-17)24-18(26)12-9-14-7-10-15(11-8-14)20(21,22)23/h4-13,25H,1-3H3,(H,24,26)/b12-9+. The average Bonchev–Trinajstić information content (AvgIpc) is 2.58. The first-order valence-electron chi connectivity index (χ1n) is 8.57. The van der Waals surface area contributed by atoms with Gasteiger partial charge in [0.05, 0.1) is 10.5 Å². The van der Waals surface area contributed by atoms with E-state index >= 15 is 0 Å². The number of hydrogen-bond acceptors (Lipinski definition) is 3. The van der Waals surface area contributed by atoms with E-state index in [0.717, 1.165) is 18.2 Å². The highest BCUT2D eigenvalue weighted by Crippen LogP contribution is 2.29. The van der Waals surface area contributed by atoms with Crippen molar-refractivity contribution in [3.8, 4) is 0 Å². The van der Waals surface area contributed by atoms with Gasteiger partial charge in [-0.15, -0.1) is 0 Å². The number of anilines is 1. The number of alkyl halides is 3. The number of carbonyl (C=O) groups is 1. The SMILES string of the molecule is CC(C)(C)NS(=O)(=O)c1cccc(NC(=O)/C=C/c2ccc(C(F)(F)F)cc2)c1. The molecule has 0 spiro atoms. The van der Waals surface area contributed by atoms with Crippen molar-refractivity contribution in [2.24, 2.45) is 0 Å². The Kier molecular flexibility index (Phi) is 6.54. The van der Waals surface area contributed by atoms with Gasteiger partial charge in [-0.3, -0.25) is 4.79 Å². The van der Waals surface area contributed by atoms with Gasteiger partial charge in [0.1, 0.15) is 0 Å². The van der Waals surface area contributed by atoms with Crippen LogP contribution in [0.2, 0.25) is 0 Å². The largest absolute Gasteiger partial charge is 0.416 e. The molecule has 2 rings (SSSR count). The molecule has 0 atom stereocenters. The minimum absolute atomic E-state index is 0.00283. The number of amides is 1. The second-order valence-corrected chi connectivity index (χ2v) is 9.01. The zero-order valence-corrected chi connectivity index (χ0v) is 16.9. The zero-order valence-electron chi connectivity index (χ0n) is 16.0. The van der Waals surface area contributed by atoms with E-state index in [0.29, 0.717) is 5.56 Å². The summed E-state index contributed by atoms with van der Waals surface area (Å²) >= 11 is 0. The molecule has 0 saturated heterocycles. The highest BCUT2D eigenvalue weighted by Gasteiger charge is 2.29. The number of sulfonamides is 1. The third-order valence-electron chi connectivity index (χ3n) is 3.52. The van der Waals surface area contributed by atoms with E-state index in [2.05, 4.69) is 10.0 Å². The fourth-order valence-corrected chi connectivity index (χ4v) is 3.81. The fraction of sp³-hybridized carbons (Fsp3) is 0.250. The van der Waals surface area contributed by atoms with Crippen LogP contribution in [0.5, 0.6) is 0 Å². The molecule has 0 aliphatic heterocycles. The van der Waals surface area contributed by atoms with Gasteiger partial charge in [0, 0.05) is 17.3 Å². The van der Waals surface area contributed by atoms with Gasteiger partial charge in [-0.2, -0.15) is 13.2 Å². The molecule has 0 bridgehead atoms. The number of benzene rings is 2. The lowest BCUT2D eigenvalue weighted by Crippen LogP contribution is -2.40. The summed E-state index contributed by atoms with van der Waals surface area (Å²) in [5.41, 5.74) is -0.758. The van der Waals surface area contributed by atoms with Crippen LogP contribution in [-0.2, 0) is 21.0 Å². The van der Waals surface area contributed by atoms with Crippen LogP contribution in [0.3, 0.4) is 0 Å². The smallest absolute Gasteiger partial charge is 0.322 e. The zero-order chi connectivity index (χ0) is 21.9. The number of carbonyl (C=O) groups excluding carboxylic acids is 1. The van der Waals surface area contributed by atoms with E-state index in [9.17, 15) is 26.4 Å². The Hall–Kier alpha value is -2.65. The van der Waals surface area contributed by atoms with Crippen molar-refractivity contribution in [3.05, 3.63) is 65.7 Å². The van der Waals surface area contributed by atoms with E-state index in [1.54, 1.807) is 20.8 Å². The van der Waals surface area contributed by atoms with E-state index in [1.807, 2.05) is 0 Å². The summed E-state index contributed by atoms with van der Waals surface area (Å²) in [5, 5.41) is 2.53. The van der Waals surface area contributed by atoms with Crippen LogP contribution in [0.15, 0.2) is 59.5 Å². The van der Waals surface area contributed by atoms with E-state index in [4.69, 9.17) is 0 Å². The van der Waals surface area contributed by atoms with Crippen LogP contribution in [-0.4, -0.2) is 19.9 Å². The van der Waals surface area contributed by atoms with Crippen LogP contribution in [0.1, 0.15) is 31.9 Å². The van der Waals surface area contributed by atoms with Crippen LogP contribution in [0.25, 0.3) is 6.08 Å². The van der Waals surface area contributed by atoms with E-state index in [-0.39, 0.29) is 10.6 Å². The van der Waals surface area contributed by atoms with Crippen molar-refractivity contribution in [1.82, 2.24) is 4.72 Å². The summed E-state index contributed by atoms with van der Waals surface area (Å²) < 4.78 is 64.9. The summed E-state index contributed by atoms with van der Waals surface area (Å²) in [5.74, 6) is -0.553. The minimum atomic E-state index is -4.42. The molecule has 0 heterocycles.